The molecule has 6 nitrogen and oxygen atoms in total. The largest absolute Gasteiger partial charge is 0.457 e. The average Bonchev–Trinajstić information content (AvgIpc) is 2.86. The average molecular weight is 292 g/mol. The summed E-state index contributed by atoms with van der Waals surface area (Å²) in [7, 11) is 0. The first-order valence-electron chi connectivity index (χ1n) is 7.26. The predicted molar refractivity (Wildman–Crippen MR) is 66.8 cm³/mol. The molecule has 21 heavy (non-hydrogen) atoms. The molecule has 0 aromatic carbocycles. The van der Waals surface area contributed by atoms with E-state index in [9.17, 15) is 14.7 Å². The molecule has 6 heteroatoms. The van der Waals surface area contributed by atoms with Crippen LogP contribution in [0.15, 0.2) is 12.2 Å². The van der Waals surface area contributed by atoms with Crippen molar-refractivity contribution in [3.05, 3.63) is 12.2 Å². The molecule has 1 N–H and O–H groups in total. The van der Waals surface area contributed by atoms with Crippen LogP contribution < -0.4 is 0 Å². The maximum Gasteiger partial charge on any atom is 0.342 e. The minimum absolute atomic E-state index is 0.269. The second kappa shape index (κ2) is 2.90. The molecule has 2 bridgehead atoms. The number of hydrogen-bond donors (Lipinski definition) is 1. The number of rotatable bonds is 1. The van der Waals surface area contributed by atoms with E-state index < -0.39 is 46.7 Å². The van der Waals surface area contributed by atoms with Gasteiger partial charge in [-0.15, -0.1) is 0 Å². The van der Waals surface area contributed by atoms with Crippen LogP contribution in [0.4, 0.5) is 0 Å². The van der Waals surface area contributed by atoms with Crippen molar-refractivity contribution in [3.8, 4) is 0 Å². The first kappa shape index (κ1) is 12.2. The predicted octanol–water partition coefficient (Wildman–Crippen LogP) is -0.0620. The summed E-state index contributed by atoms with van der Waals surface area (Å²) in [5.41, 5.74) is -2.60. The van der Waals surface area contributed by atoms with E-state index in [0.717, 1.165) is 5.57 Å². The smallest absolute Gasteiger partial charge is 0.342 e. The molecule has 112 valence electrons. The first-order chi connectivity index (χ1) is 9.79. The van der Waals surface area contributed by atoms with Crippen LogP contribution in [-0.2, 0) is 23.8 Å². The summed E-state index contributed by atoms with van der Waals surface area (Å²) in [6.07, 6.45) is -1.34. The molecule has 2 aliphatic carbocycles. The molecule has 5 aliphatic rings. The van der Waals surface area contributed by atoms with Gasteiger partial charge in [0, 0.05) is 12.3 Å². The first-order valence-corrected chi connectivity index (χ1v) is 7.26. The van der Waals surface area contributed by atoms with E-state index in [2.05, 4.69) is 6.58 Å². The molecule has 1 spiro atoms. The Kier molecular flexibility index (Phi) is 1.68. The molecule has 0 unspecified atom stereocenters. The van der Waals surface area contributed by atoms with Gasteiger partial charge in [0.15, 0.2) is 6.10 Å². The van der Waals surface area contributed by atoms with Gasteiger partial charge in [0.25, 0.3) is 0 Å². The number of fused-ring (bicyclic) bond motifs is 4. The van der Waals surface area contributed by atoms with E-state index in [1.807, 2.05) is 6.92 Å². The zero-order valence-corrected chi connectivity index (χ0v) is 11.8. The summed E-state index contributed by atoms with van der Waals surface area (Å²) < 4.78 is 16.6. The van der Waals surface area contributed by atoms with Gasteiger partial charge in [0.05, 0.1) is 16.9 Å². The van der Waals surface area contributed by atoms with Crippen molar-refractivity contribution in [3.63, 3.8) is 0 Å². The summed E-state index contributed by atoms with van der Waals surface area (Å²) in [4.78, 5) is 24.7. The van der Waals surface area contributed by atoms with Crippen molar-refractivity contribution < 1.29 is 28.9 Å². The third-order valence-corrected chi connectivity index (χ3v) is 6.60. The fourth-order valence-electron chi connectivity index (χ4n) is 5.59. The van der Waals surface area contributed by atoms with Crippen LogP contribution in [0.2, 0.25) is 0 Å². The van der Waals surface area contributed by atoms with E-state index in [1.165, 1.54) is 0 Å². The fourth-order valence-corrected chi connectivity index (χ4v) is 5.59. The number of carbonyl (C=O) groups is 2. The number of ether oxygens (including phenoxy) is 3. The molecule has 3 saturated heterocycles. The maximum absolute atomic E-state index is 12.3. The molecular weight excluding hydrogens is 276 g/mol. The van der Waals surface area contributed by atoms with Gasteiger partial charge < -0.3 is 19.3 Å². The van der Waals surface area contributed by atoms with Gasteiger partial charge in [-0.25, -0.2) is 4.79 Å². The van der Waals surface area contributed by atoms with Gasteiger partial charge in [-0.05, 0) is 13.8 Å². The van der Waals surface area contributed by atoms with Crippen molar-refractivity contribution in [2.75, 3.05) is 0 Å². The quantitative estimate of drug-likeness (QED) is 0.414. The molecule has 0 aromatic heterocycles. The second-order valence-corrected chi connectivity index (χ2v) is 7.25. The van der Waals surface area contributed by atoms with Crippen molar-refractivity contribution in [1.82, 2.24) is 0 Å². The van der Waals surface area contributed by atoms with Crippen molar-refractivity contribution in [1.29, 1.82) is 0 Å². The number of carbonyl (C=O) groups excluding carboxylic acids is 2. The SMILES string of the molecule is C=C(C)[C@@H]1[C@H]2OC(=O)[C@@H]1[C@@]1(O)C[C@H]3O[C@]34C(=O)O[C@H]2[C@]41C. The van der Waals surface area contributed by atoms with Crippen molar-refractivity contribution in [2.24, 2.45) is 17.3 Å². The highest BCUT2D eigenvalue weighted by molar-refractivity contribution is 5.91. The Morgan fingerprint density at radius 1 is 1.38 bits per heavy atom. The summed E-state index contributed by atoms with van der Waals surface area (Å²) in [5.74, 6) is -1.86. The highest BCUT2D eigenvalue weighted by Gasteiger charge is 2.95. The minimum atomic E-state index is -1.35. The highest BCUT2D eigenvalue weighted by atomic mass is 16.7. The molecule has 0 aromatic rings. The fraction of sp³-hybridized carbons (Fsp3) is 0.733. The van der Waals surface area contributed by atoms with E-state index in [4.69, 9.17) is 14.2 Å². The third-order valence-electron chi connectivity index (χ3n) is 6.60. The number of hydrogen-bond acceptors (Lipinski definition) is 6. The second-order valence-electron chi connectivity index (χ2n) is 7.25. The molecule has 2 saturated carbocycles. The van der Waals surface area contributed by atoms with Crippen LogP contribution in [0.5, 0.6) is 0 Å². The van der Waals surface area contributed by atoms with Crippen LogP contribution >= 0.6 is 0 Å². The van der Waals surface area contributed by atoms with Crippen LogP contribution in [0.1, 0.15) is 20.3 Å². The lowest BCUT2D eigenvalue weighted by atomic mass is 9.53. The maximum atomic E-state index is 12.3. The van der Waals surface area contributed by atoms with Crippen LogP contribution in [0, 0.1) is 17.3 Å². The summed E-state index contributed by atoms with van der Waals surface area (Å²) in [6.45, 7) is 7.55. The van der Waals surface area contributed by atoms with Crippen LogP contribution in [0.25, 0.3) is 0 Å². The van der Waals surface area contributed by atoms with Crippen molar-refractivity contribution in [2.45, 2.75) is 49.8 Å². The Hall–Kier alpha value is -1.40. The number of esters is 2. The molecule has 0 radical (unpaired) electrons. The molecular formula is C15H16O6. The van der Waals surface area contributed by atoms with Gasteiger partial charge >= 0.3 is 11.9 Å². The highest BCUT2D eigenvalue weighted by Crippen LogP contribution is 2.76. The van der Waals surface area contributed by atoms with Crippen molar-refractivity contribution >= 4 is 11.9 Å². The molecule has 5 fully saturated rings. The van der Waals surface area contributed by atoms with E-state index in [1.54, 1.807) is 6.92 Å². The molecule has 0 amide bonds. The van der Waals surface area contributed by atoms with E-state index in [-0.39, 0.29) is 18.4 Å². The molecule has 3 heterocycles. The summed E-state index contributed by atoms with van der Waals surface area (Å²) in [6, 6.07) is 0. The van der Waals surface area contributed by atoms with Crippen LogP contribution in [-0.4, -0.2) is 46.6 Å². The molecule has 8 atom stereocenters. The van der Waals surface area contributed by atoms with Crippen LogP contribution in [0.3, 0.4) is 0 Å². The Morgan fingerprint density at radius 2 is 2.10 bits per heavy atom. The number of aliphatic hydroxyl groups is 1. The Morgan fingerprint density at radius 3 is 2.76 bits per heavy atom. The Bertz CT molecular complexity index is 642. The Labute approximate surface area is 121 Å². The molecule has 3 aliphatic heterocycles. The van der Waals surface area contributed by atoms with Gasteiger partial charge in [0.1, 0.15) is 12.2 Å². The zero-order valence-electron chi connectivity index (χ0n) is 11.8. The van der Waals surface area contributed by atoms with Gasteiger partial charge in [-0.3, -0.25) is 4.79 Å². The van der Waals surface area contributed by atoms with E-state index in [0.29, 0.717) is 0 Å². The van der Waals surface area contributed by atoms with E-state index >= 15 is 0 Å². The summed E-state index contributed by atoms with van der Waals surface area (Å²) in [5, 5.41) is 11.4. The topological polar surface area (TPSA) is 85.4 Å². The molecule has 5 rings (SSSR count). The lowest BCUT2D eigenvalue weighted by Crippen LogP contribution is -2.66. The van der Waals surface area contributed by atoms with Gasteiger partial charge in [0.2, 0.25) is 5.60 Å². The van der Waals surface area contributed by atoms with Gasteiger partial charge in [-0.1, -0.05) is 12.2 Å². The normalized spacial score (nSPS) is 62.0. The minimum Gasteiger partial charge on any atom is -0.457 e. The third kappa shape index (κ3) is 0.874. The Balaban J connectivity index is 1.78. The monoisotopic (exact) mass is 292 g/mol. The summed E-state index contributed by atoms with van der Waals surface area (Å²) >= 11 is 0. The number of epoxide rings is 1. The standard InChI is InChI=1S/C15H16O6/c1-5(2)7-8-11(16)19-9(7)10-13(3)14(8,18)4-6-15(13,21-6)12(17)20-10/h6-10,18H,1,4H2,2-3H3/t6-,7+,8-,9-,10-,13+,14+,15+/m1/s1. The zero-order chi connectivity index (χ0) is 14.9. The van der Waals surface area contributed by atoms with Gasteiger partial charge in [-0.2, -0.15) is 0 Å². The lowest BCUT2D eigenvalue weighted by Gasteiger charge is -2.51. The lowest BCUT2D eigenvalue weighted by molar-refractivity contribution is -0.195.